The summed E-state index contributed by atoms with van der Waals surface area (Å²) in [4.78, 5) is 11.0. The highest BCUT2D eigenvalue weighted by atomic mass is 79.9. The zero-order chi connectivity index (χ0) is 13.3. The van der Waals surface area contributed by atoms with Crippen molar-refractivity contribution in [2.24, 2.45) is 0 Å². The molecule has 1 fully saturated rings. The lowest BCUT2D eigenvalue weighted by atomic mass is 10.2. The third-order valence-corrected chi connectivity index (χ3v) is 4.89. The fourth-order valence-corrected chi connectivity index (χ4v) is 3.73. The van der Waals surface area contributed by atoms with Crippen molar-refractivity contribution < 1.29 is 23.1 Å². The van der Waals surface area contributed by atoms with E-state index >= 15 is 0 Å². The molecule has 98 valence electrons. The number of halogens is 1. The molecule has 0 bridgehead atoms. The second-order valence-electron chi connectivity index (χ2n) is 4.09. The molecule has 1 saturated heterocycles. The Balaban J connectivity index is 2.23. The Morgan fingerprint density at radius 2 is 2.17 bits per heavy atom. The van der Waals surface area contributed by atoms with Gasteiger partial charge in [-0.2, -0.15) is 0 Å². The second kappa shape index (κ2) is 4.89. The summed E-state index contributed by atoms with van der Waals surface area (Å²) in [5.74, 6) is -0.871. The van der Waals surface area contributed by atoms with E-state index in [-0.39, 0.29) is 22.8 Å². The monoisotopic (exact) mass is 334 g/mol. The van der Waals surface area contributed by atoms with E-state index in [9.17, 15) is 13.2 Å². The molecule has 1 unspecified atom stereocenters. The molecule has 2 rings (SSSR count). The summed E-state index contributed by atoms with van der Waals surface area (Å²) in [7, 11) is -3.04. The average molecular weight is 335 g/mol. The van der Waals surface area contributed by atoms with Gasteiger partial charge in [0.1, 0.15) is 17.4 Å². The number of ether oxygens (including phenoxy) is 1. The largest absolute Gasteiger partial charge is 0.488 e. The van der Waals surface area contributed by atoms with Gasteiger partial charge in [0.15, 0.2) is 9.84 Å². The second-order valence-corrected chi connectivity index (χ2v) is 7.23. The predicted octanol–water partition coefficient (Wildman–Crippen LogP) is 1.71. The summed E-state index contributed by atoms with van der Waals surface area (Å²) in [6.45, 7) is 0. The molecular formula is C11H11BrO5S. The topological polar surface area (TPSA) is 80.7 Å². The lowest BCUT2D eigenvalue weighted by molar-refractivity contribution is 0.0690. The quantitative estimate of drug-likeness (QED) is 0.910. The van der Waals surface area contributed by atoms with E-state index in [0.29, 0.717) is 10.9 Å². The maximum atomic E-state index is 11.3. The van der Waals surface area contributed by atoms with Gasteiger partial charge in [-0.05, 0) is 24.6 Å². The van der Waals surface area contributed by atoms with Crippen molar-refractivity contribution in [3.05, 3.63) is 28.2 Å². The third-order valence-electron chi connectivity index (χ3n) is 2.66. The Hall–Kier alpha value is -1.08. The first-order valence-corrected chi connectivity index (χ1v) is 7.89. The minimum absolute atomic E-state index is 0.0301. The van der Waals surface area contributed by atoms with E-state index in [4.69, 9.17) is 9.84 Å². The number of benzene rings is 1. The highest BCUT2D eigenvalue weighted by Gasteiger charge is 2.30. The van der Waals surface area contributed by atoms with Crippen molar-refractivity contribution in [1.82, 2.24) is 0 Å². The van der Waals surface area contributed by atoms with Crippen LogP contribution in [0.1, 0.15) is 16.8 Å². The summed E-state index contributed by atoms with van der Waals surface area (Å²) >= 11 is 3.23. The molecule has 0 radical (unpaired) electrons. The third kappa shape index (κ3) is 3.02. The molecule has 0 aliphatic carbocycles. The molecule has 7 heteroatoms. The van der Waals surface area contributed by atoms with Gasteiger partial charge in [-0.3, -0.25) is 0 Å². The van der Waals surface area contributed by atoms with Gasteiger partial charge in [0.05, 0.1) is 11.5 Å². The van der Waals surface area contributed by atoms with Crippen LogP contribution in [-0.2, 0) is 9.84 Å². The molecule has 1 aliphatic rings. The Kier molecular flexibility index (Phi) is 3.63. The minimum atomic E-state index is -3.04. The van der Waals surface area contributed by atoms with Gasteiger partial charge in [0.2, 0.25) is 0 Å². The minimum Gasteiger partial charge on any atom is -0.488 e. The number of sulfone groups is 1. The normalized spacial score (nSPS) is 21.7. The van der Waals surface area contributed by atoms with E-state index in [1.54, 1.807) is 6.07 Å². The summed E-state index contributed by atoms with van der Waals surface area (Å²) in [6, 6.07) is 4.56. The lowest BCUT2D eigenvalue weighted by Gasteiger charge is -2.14. The maximum Gasteiger partial charge on any atom is 0.339 e. The molecule has 1 aromatic carbocycles. The van der Waals surface area contributed by atoms with Crippen LogP contribution in [0.5, 0.6) is 5.75 Å². The smallest absolute Gasteiger partial charge is 0.339 e. The van der Waals surface area contributed by atoms with Crippen LogP contribution in [0.25, 0.3) is 0 Å². The van der Waals surface area contributed by atoms with Crippen molar-refractivity contribution in [1.29, 1.82) is 0 Å². The fraction of sp³-hybridized carbons (Fsp3) is 0.364. The molecule has 1 aliphatic heterocycles. The number of carboxylic acids is 1. The van der Waals surface area contributed by atoms with Crippen molar-refractivity contribution >= 4 is 31.7 Å². The Morgan fingerprint density at radius 1 is 1.44 bits per heavy atom. The van der Waals surface area contributed by atoms with Crippen LogP contribution < -0.4 is 4.74 Å². The number of hydrogen-bond acceptors (Lipinski definition) is 4. The number of hydrogen-bond donors (Lipinski definition) is 1. The first kappa shape index (κ1) is 13.4. The maximum absolute atomic E-state index is 11.3. The zero-order valence-corrected chi connectivity index (χ0v) is 11.7. The molecule has 0 spiro atoms. The molecule has 1 heterocycles. The number of rotatable bonds is 3. The molecular weight excluding hydrogens is 324 g/mol. The van der Waals surface area contributed by atoms with Crippen LogP contribution in [0.2, 0.25) is 0 Å². The standard InChI is InChI=1S/C11H11BrO5S/c12-7-1-2-9(11(13)14)10(5-7)17-8-3-4-18(15,16)6-8/h1-2,5,8H,3-4,6H2,(H,13,14). The Labute approximate surface area is 113 Å². The van der Waals surface area contributed by atoms with Gasteiger partial charge >= 0.3 is 5.97 Å². The number of carbonyl (C=O) groups is 1. The van der Waals surface area contributed by atoms with Crippen LogP contribution in [0.4, 0.5) is 0 Å². The van der Waals surface area contributed by atoms with Crippen molar-refractivity contribution in [3.8, 4) is 5.75 Å². The van der Waals surface area contributed by atoms with Crippen LogP contribution in [0.3, 0.4) is 0 Å². The van der Waals surface area contributed by atoms with E-state index < -0.39 is 21.9 Å². The van der Waals surface area contributed by atoms with E-state index in [0.717, 1.165) is 0 Å². The summed E-state index contributed by atoms with van der Waals surface area (Å²) in [5, 5.41) is 9.02. The molecule has 0 aromatic heterocycles. The van der Waals surface area contributed by atoms with E-state index in [2.05, 4.69) is 15.9 Å². The lowest BCUT2D eigenvalue weighted by Crippen LogP contribution is -2.19. The number of aromatic carboxylic acids is 1. The van der Waals surface area contributed by atoms with Crippen LogP contribution in [0.15, 0.2) is 22.7 Å². The highest BCUT2D eigenvalue weighted by Crippen LogP contribution is 2.27. The first-order chi connectivity index (χ1) is 8.37. The molecule has 0 amide bonds. The summed E-state index contributed by atoms with van der Waals surface area (Å²) in [6.07, 6.45) is -0.0733. The molecule has 5 nitrogen and oxygen atoms in total. The van der Waals surface area contributed by atoms with E-state index in [1.807, 2.05) is 0 Å². The van der Waals surface area contributed by atoms with Crippen LogP contribution in [-0.4, -0.2) is 37.1 Å². The Bertz CT molecular complexity index is 581. The van der Waals surface area contributed by atoms with Crippen molar-refractivity contribution in [3.63, 3.8) is 0 Å². The zero-order valence-electron chi connectivity index (χ0n) is 9.30. The van der Waals surface area contributed by atoms with Crippen LogP contribution >= 0.6 is 15.9 Å². The highest BCUT2D eigenvalue weighted by molar-refractivity contribution is 9.10. The van der Waals surface area contributed by atoms with Crippen molar-refractivity contribution in [2.45, 2.75) is 12.5 Å². The predicted molar refractivity (Wildman–Crippen MR) is 68.8 cm³/mol. The van der Waals surface area contributed by atoms with Crippen LogP contribution in [0, 0.1) is 0 Å². The van der Waals surface area contributed by atoms with E-state index in [1.165, 1.54) is 12.1 Å². The van der Waals surface area contributed by atoms with Gasteiger partial charge in [-0.1, -0.05) is 15.9 Å². The molecule has 0 saturated carbocycles. The van der Waals surface area contributed by atoms with Gasteiger partial charge < -0.3 is 9.84 Å². The van der Waals surface area contributed by atoms with Gasteiger partial charge in [-0.25, -0.2) is 13.2 Å². The SMILES string of the molecule is O=C(O)c1ccc(Br)cc1OC1CCS(=O)(=O)C1. The fourth-order valence-electron chi connectivity index (χ4n) is 1.80. The van der Waals surface area contributed by atoms with Gasteiger partial charge in [0.25, 0.3) is 0 Å². The summed E-state index contributed by atoms with van der Waals surface area (Å²) < 4.78 is 28.8. The van der Waals surface area contributed by atoms with Gasteiger partial charge in [-0.15, -0.1) is 0 Å². The molecule has 1 atom stereocenters. The Morgan fingerprint density at radius 3 is 2.72 bits per heavy atom. The average Bonchev–Trinajstić information content (AvgIpc) is 2.57. The van der Waals surface area contributed by atoms with Gasteiger partial charge in [0, 0.05) is 4.47 Å². The van der Waals surface area contributed by atoms with Crippen molar-refractivity contribution in [2.75, 3.05) is 11.5 Å². The molecule has 1 N–H and O–H groups in total. The number of carboxylic acid groups (broad SMARTS) is 1. The first-order valence-electron chi connectivity index (χ1n) is 5.27. The molecule has 18 heavy (non-hydrogen) atoms. The summed E-state index contributed by atoms with van der Waals surface area (Å²) in [5.41, 5.74) is 0.0301. The molecule has 1 aromatic rings.